The van der Waals surface area contributed by atoms with Crippen LogP contribution in [-0.4, -0.2) is 13.2 Å². The van der Waals surface area contributed by atoms with Crippen molar-refractivity contribution in [3.8, 4) is 11.5 Å². The van der Waals surface area contributed by atoms with Crippen LogP contribution in [0.2, 0.25) is 0 Å². The third-order valence-corrected chi connectivity index (χ3v) is 4.42. The van der Waals surface area contributed by atoms with E-state index in [4.69, 9.17) is 9.47 Å². The zero-order valence-corrected chi connectivity index (χ0v) is 12.7. The number of benzene rings is 1. The molecule has 1 aromatic rings. The lowest BCUT2D eigenvalue weighted by atomic mass is 9.82. The van der Waals surface area contributed by atoms with Gasteiger partial charge in [-0.05, 0) is 55.2 Å². The molecule has 0 bridgehead atoms. The van der Waals surface area contributed by atoms with E-state index in [-0.39, 0.29) is 5.41 Å². The van der Waals surface area contributed by atoms with Gasteiger partial charge < -0.3 is 9.47 Å². The Morgan fingerprint density at radius 1 is 1.16 bits per heavy atom. The monoisotopic (exact) mass is 262 g/mol. The molecular weight excluding hydrogens is 236 g/mol. The maximum Gasteiger partial charge on any atom is 0.161 e. The summed E-state index contributed by atoms with van der Waals surface area (Å²) in [6, 6.07) is 6.36. The van der Waals surface area contributed by atoms with E-state index >= 15 is 0 Å². The van der Waals surface area contributed by atoms with Crippen LogP contribution in [0.3, 0.4) is 0 Å². The molecule has 1 aliphatic carbocycles. The van der Waals surface area contributed by atoms with Crippen LogP contribution >= 0.6 is 0 Å². The van der Waals surface area contributed by atoms with Crippen molar-refractivity contribution in [2.75, 3.05) is 7.11 Å². The molecule has 2 nitrogen and oxygen atoms in total. The molecule has 2 heteroatoms. The lowest BCUT2D eigenvalue weighted by Gasteiger charge is -2.25. The molecule has 1 aromatic carbocycles. The molecule has 0 unspecified atom stereocenters. The van der Waals surface area contributed by atoms with E-state index in [1.165, 1.54) is 31.2 Å². The standard InChI is InChI=1S/C17H26O2/c1-5-17(2,3)13-10-11-15(18-4)16(12-13)19-14-8-6-7-9-14/h10-12,14H,5-9H2,1-4H3. The Bertz CT molecular complexity index is 417. The van der Waals surface area contributed by atoms with Crippen LogP contribution in [0.15, 0.2) is 18.2 Å². The van der Waals surface area contributed by atoms with Crippen LogP contribution in [0.25, 0.3) is 0 Å². The van der Waals surface area contributed by atoms with Crippen molar-refractivity contribution >= 4 is 0 Å². The Kier molecular flexibility index (Phi) is 4.38. The summed E-state index contributed by atoms with van der Waals surface area (Å²) < 4.78 is 11.6. The molecule has 19 heavy (non-hydrogen) atoms. The van der Waals surface area contributed by atoms with Crippen molar-refractivity contribution in [3.63, 3.8) is 0 Å². The third-order valence-electron chi connectivity index (χ3n) is 4.42. The summed E-state index contributed by atoms with van der Waals surface area (Å²) in [7, 11) is 1.71. The second kappa shape index (κ2) is 5.85. The van der Waals surface area contributed by atoms with Gasteiger partial charge in [-0.2, -0.15) is 0 Å². The molecule has 1 fully saturated rings. The molecule has 0 aromatic heterocycles. The highest BCUT2D eigenvalue weighted by molar-refractivity contribution is 5.45. The molecule has 1 aliphatic rings. The Morgan fingerprint density at radius 2 is 1.84 bits per heavy atom. The Labute approximate surface area is 117 Å². The molecule has 0 amide bonds. The number of ether oxygens (including phenoxy) is 2. The predicted octanol–water partition coefficient (Wildman–Crippen LogP) is 4.70. The summed E-state index contributed by atoms with van der Waals surface area (Å²) in [6.45, 7) is 6.77. The largest absolute Gasteiger partial charge is 0.493 e. The molecule has 0 aliphatic heterocycles. The van der Waals surface area contributed by atoms with Crippen molar-refractivity contribution in [1.29, 1.82) is 0 Å². The average molecular weight is 262 g/mol. The highest BCUT2D eigenvalue weighted by Gasteiger charge is 2.22. The van der Waals surface area contributed by atoms with Crippen LogP contribution in [0, 0.1) is 0 Å². The highest BCUT2D eigenvalue weighted by Crippen LogP contribution is 2.36. The zero-order valence-electron chi connectivity index (χ0n) is 12.7. The first kappa shape index (κ1) is 14.2. The van der Waals surface area contributed by atoms with Crippen molar-refractivity contribution < 1.29 is 9.47 Å². The van der Waals surface area contributed by atoms with E-state index in [9.17, 15) is 0 Å². The van der Waals surface area contributed by atoms with E-state index in [0.717, 1.165) is 17.9 Å². The van der Waals surface area contributed by atoms with Gasteiger partial charge >= 0.3 is 0 Å². The minimum Gasteiger partial charge on any atom is -0.493 e. The fourth-order valence-corrected chi connectivity index (χ4v) is 2.58. The van der Waals surface area contributed by atoms with Gasteiger partial charge in [-0.1, -0.05) is 26.8 Å². The first-order valence-electron chi connectivity index (χ1n) is 7.42. The third kappa shape index (κ3) is 3.23. The molecule has 106 valence electrons. The molecule has 0 N–H and O–H groups in total. The molecule has 0 saturated heterocycles. The first-order valence-corrected chi connectivity index (χ1v) is 7.42. The van der Waals surface area contributed by atoms with Crippen LogP contribution in [-0.2, 0) is 5.41 Å². The minimum atomic E-state index is 0.181. The van der Waals surface area contributed by atoms with Crippen molar-refractivity contribution in [1.82, 2.24) is 0 Å². The number of methoxy groups -OCH3 is 1. The molecule has 1 saturated carbocycles. The van der Waals surface area contributed by atoms with E-state index < -0.39 is 0 Å². The van der Waals surface area contributed by atoms with Gasteiger partial charge in [0.15, 0.2) is 11.5 Å². The Hall–Kier alpha value is -1.18. The number of rotatable bonds is 5. The lowest BCUT2D eigenvalue weighted by Crippen LogP contribution is -2.17. The first-order chi connectivity index (χ1) is 9.06. The van der Waals surface area contributed by atoms with Gasteiger partial charge in [-0.3, -0.25) is 0 Å². The summed E-state index contributed by atoms with van der Waals surface area (Å²) in [6.07, 6.45) is 6.39. The van der Waals surface area contributed by atoms with Gasteiger partial charge in [0.25, 0.3) is 0 Å². The fraction of sp³-hybridized carbons (Fsp3) is 0.647. The fourth-order valence-electron chi connectivity index (χ4n) is 2.58. The van der Waals surface area contributed by atoms with Crippen LogP contribution in [0.5, 0.6) is 11.5 Å². The Morgan fingerprint density at radius 3 is 2.42 bits per heavy atom. The predicted molar refractivity (Wildman–Crippen MR) is 79.2 cm³/mol. The van der Waals surface area contributed by atoms with E-state index in [1.54, 1.807) is 7.11 Å². The van der Waals surface area contributed by atoms with Gasteiger partial charge in [0.2, 0.25) is 0 Å². The lowest BCUT2D eigenvalue weighted by molar-refractivity contribution is 0.200. The second-order valence-corrected chi connectivity index (χ2v) is 6.13. The molecule has 0 heterocycles. The molecular formula is C17H26O2. The summed E-state index contributed by atoms with van der Waals surface area (Å²) in [5.74, 6) is 1.76. The summed E-state index contributed by atoms with van der Waals surface area (Å²) in [5.41, 5.74) is 1.50. The zero-order chi connectivity index (χ0) is 13.9. The van der Waals surface area contributed by atoms with Gasteiger partial charge in [-0.15, -0.1) is 0 Å². The normalized spacial score (nSPS) is 16.6. The summed E-state index contributed by atoms with van der Waals surface area (Å²) in [4.78, 5) is 0. The summed E-state index contributed by atoms with van der Waals surface area (Å²) >= 11 is 0. The minimum absolute atomic E-state index is 0.181. The van der Waals surface area contributed by atoms with Gasteiger partial charge in [-0.25, -0.2) is 0 Å². The van der Waals surface area contributed by atoms with Gasteiger partial charge in [0, 0.05) is 0 Å². The second-order valence-electron chi connectivity index (χ2n) is 6.13. The van der Waals surface area contributed by atoms with Crippen LogP contribution in [0.1, 0.15) is 58.4 Å². The molecule has 2 rings (SSSR count). The maximum atomic E-state index is 6.15. The van der Waals surface area contributed by atoms with Crippen molar-refractivity contribution in [3.05, 3.63) is 23.8 Å². The molecule has 0 spiro atoms. The quantitative estimate of drug-likeness (QED) is 0.765. The van der Waals surface area contributed by atoms with Crippen molar-refractivity contribution in [2.45, 2.75) is 64.4 Å². The van der Waals surface area contributed by atoms with E-state index in [1.807, 2.05) is 6.07 Å². The van der Waals surface area contributed by atoms with Crippen LogP contribution in [0.4, 0.5) is 0 Å². The maximum absolute atomic E-state index is 6.15. The van der Waals surface area contributed by atoms with E-state index in [0.29, 0.717) is 6.10 Å². The smallest absolute Gasteiger partial charge is 0.161 e. The van der Waals surface area contributed by atoms with E-state index in [2.05, 4.69) is 32.9 Å². The molecule has 0 atom stereocenters. The highest BCUT2D eigenvalue weighted by atomic mass is 16.5. The topological polar surface area (TPSA) is 18.5 Å². The molecule has 0 radical (unpaired) electrons. The average Bonchev–Trinajstić information content (AvgIpc) is 2.91. The Balaban J connectivity index is 2.25. The van der Waals surface area contributed by atoms with Crippen molar-refractivity contribution in [2.24, 2.45) is 0 Å². The van der Waals surface area contributed by atoms with Gasteiger partial charge in [0.05, 0.1) is 13.2 Å². The SMILES string of the molecule is CCC(C)(C)c1ccc(OC)c(OC2CCCC2)c1. The number of hydrogen-bond acceptors (Lipinski definition) is 2. The van der Waals surface area contributed by atoms with Gasteiger partial charge in [0.1, 0.15) is 0 Å². The summed E-state index contributed by atoms with van der Waals surface area (Å²) in [5, 5.41) is 0. The number of hydrogen-bond donors (Lipinski definition) is 0. The van der Waals surface area contributed by atoms with Crippen LogP contribution < -0.4 is 9.47 Å².